The molecule has 4 aromatic heterocycles. The molecule has 0 aliphatic rings. The molecule has 5 aromatic rings. The van der Waals surface area contributed by atoms with Gasteiger partial charge < -0.3 is 4.42 Å². The minimum absolute atomic E-state index is 0.686. The Bertz CT molecular complexity index is 1180. The molecule has 0 aliphatic carbocycles. The Morgan fingerprint density at radius 2 is 1.85 bits per heavy atom. The summed E-state index contributed by atoms with van der Waals surface area (Å²) < 4.78 is 7.57. The predicted molar refractivity (Wildman–Crippen MR) is 99.8 cm³/mol. The number of rotatable bonds is 4. The molecular weight excluding hydrogens is 346 g/mol. The maximum Gasteiger partial charge on any atom is 0.197 e. The molecule has 0 spiro atoms. The Balaban J connectivity index is 1.68. The summed E-state index contributed by atoms with van der Waals surface area (Å²) in [4.78, 5) is 8.86. The van der Waals surface area contributed by atoms with Crippen LogP contribution in [-0.4, -0.2) is 24.6 Å². The lowest BCUT2D eigenvalue weighted by Crippen LogP contribution is -1.98. The number of para-hydroxylation sites is 1. The van der Waals surface area contributed by atoms with Gasteiger partial charge in [0.15, 0.2) is 22.4 Å². The first-order chi connectivity index (χ1) is 12.9. The summed E-state index contributed by atoms with van der Waals surface area (Å²) in [7, 11) is 0. The van der Waals surface area contributed by atoms with Crippen molar-refractivity contribution in [1.82, 2.24) is 24.6 Å². The number of aromatic nitrogens is 5. The lowest BCUT2D eigenvalue weighted by Gasteiger charge is -2.07. The van der Waals surface area contributed by atoms with Gasteiger partial charge >= 0.3 is 0 Å². The van der Waals surface area contributed by atoms with E-state index in [0.29, 0.717) is 11.6 Å². The van der Waals surface area contributed by atoms with Crippen LogP contribution in [0.1, 0.15) is 5.56 Å². The van der Waals surface area contributed by atoms with Crippen LogP contribution in [0.3, 0.4) is 0 Å². The topological polar surface area (TPSA) is 69.1 Å². The fourth-order valence-corrected chi connectivity index (χ4v) is 3.74. The average molecular weight is 359 g/mol. The highest BCUT2D eigenvalue weighted by atomic mass is 32.2. The van der Waals surface area contributed by atoms with E-state index in [2.05, 4.69) is 15.2 Å². The van der Waals surface area contributed by atoms with Gasteiger partial charge in [-0.25, -0.2) is 4.98 Å². The van der Waals surface area contributed by atoms with Crippen LogP contribution in [0.5, 0.6) is 0 Å². The van der Waals surface area contributed by atoms with Crippen LogP contribution < -0.4 is 0 Å². The van der Waals surface area contributed by atoms with Crippen LogP contribution in [0, 0.1) is 0 Å². The fraction of sp³-hybridized carbons (Fsp3) is 0.0526. The summed E-state index contributed by atoms with van der Waals surface area (Å²) in [6, 6.07) is 15.7. The van der Waals surface area contributed by atoms with Crippen molar-refractivity contribution in [2.45, 2.75) is 10.9 Å². The summed E-state index contributed by atoms with van der Waals surface area (Å²) >= 11 is 1.61. The number of pyridine rings is 1. The second-order valence-corrected chi connectivity index (χ2v) is 6.66. The van der Waals surface area contributed by atoms with Crippen molar-refractivity contribution in [3.8, 4) is 11.6 Å². The molecule has 1 aromatic carbocycles. The molecule has 0 unspecified atom stereocenters. The minimum atomic E-state index is 0.686. The molecule has 0 bridgehead atoms. The van der Waals surface area contributed by atoms with Crippen molar-refractivity contribution in [2.75, 3.05) is 0 Å². The maximum atomic E-state index is 5.61. The van der Waals surface area contributed by atoms with Crippen molar-refractivity contribution in [3.63, 3.8) is 0 Å². The summed E-state index contributed by atoms with van der Waals surface area (Å²) in [5.74, 6) is 2.16. The number of hydrogen-bond acceptors (Lipinski definition) is 6. The van der Waals surface area contributed by atoms with Gasteiger partial charge in [-0.15, -0.1) is 10.2 Å². The van der Waals surface area contributed by atoms with Gasteiger partial charge in [-0.2, -0.15) is 0 Å². The van der Waals surface area contributed by atoms with Gasteiger partial charge in [0, 0.05) is 23.5 Å². The fourth-order valence-electron chi connectivity index (χ4n) is 2.85. The molecule has 0 aliphatic heterocycles. The lowest BCUT2D eigenvalue weighted by atomic mass is 10.2. The van der Waals surface area contributed by atoms with Gasteiger partial charge in [-0.3, -0.25) is 9.38 Å². The molecule has 126 valence electrons. The van der Waals surface area contributed by atoms with Gasteiger partial charge in [0.1, 0.15) is 0 Å². The highest BCUT2D eigenvalue weighted by Gasteiger charge is 2.18. The van der Waals surface area contributed by atoms with Crippen molar-refractivity contribution in [3.05, 3.63) is 72.8 Å². The molecule has 5 rings (SSSR count). The Morgan fingerprint density at radius 3 is 2.69 bits per heavy atom. The lowest BCUT2D eigenvalue weighted by molar-refractivity contribution is 0.575. The molecule has 0 N–H and O–H groups in total. The molecule has 0 amide bonds. The molecule has 0 radical (unpaired) electrons. The second-order valence-electron chi connectivity index (χ2n) is 5.72. The van der Waals surface area contributed by atoms with E-state index in [9.17, 15) is 0 Å². The van der Waals surface area contributed by atoms with Gasteiger partial charge in [0.2, 0.25) is 0 Å². The quantitative estimate of drug-likeness (QED) is 0.447. The van der Waals surface area contributed by atoms with E-state index in [1.165, 1.54) is 5.56 Å². The third-order valence-electron chi connectivity index (χ3n) is 4.08. The molecule has 0 saturated heterocycles. The molecule has 0 atom stereocenters. The van der Waals surface area contributed by atoms with Crippen LogP contribution in [0.25, 0.3) is 28.1 Å². The van der Waals surface area contributed by atoms with Crippen LogP contribution in [-0.2, 0) is 5.75 Å². The van der Waals surface area contributed by atoms with Gasteiger partial charge in [0.25, 0.3) is 0 Å². The summed E-state index contributed by atoms with van der Waals surface area (Å²) in [6.45, 7) is 0. The number of thioether (sulfide) groups is 1. The van der Waals surface area contributed by atoms with E-state index < -0.39 is 0 Å². The van der Waals surface area contributed by atoms with Gasteiger partial charge in [-0.1, -0.05) is 23.9 Å². The minimum Gasteiger partial charge on any atom is -0.461 e. The Hall–Kier alpha value is -3.19. The third kappa shape index (κ3) is 2.53. The summed E-state index contributed by atoms with van der Waals surface area (Å²) in [5, 5.41) is 10.6. The van der Waals surface area contributed by atoms with E-state index >= 15 is 0 Å². The predicted octanol–water partition coefficient (Wildman–Crippen LogP) is 4.22. The Morgan fingerprint density at radius 1 is 0.962 bits per heavy atom. The third-order valence-corrected chi connectivity index (χ3v) is 5.08. The number of nitrogens with zero attached hydrogens (tertiary/aromatic N) is 5. The van der Waals surface area contributed by atoms with Crippen molar-refractivity contribution in [1.29, 1.82) is 0 Å². The van der Waals surface area contributed by atoms with Crippen LogP contribution in [0.4, 0.5) is 0 Å². The summed E-state index contributed by atoms with van der Waals surface area (Å²) in [6.07, 6.45) is 5.23. The smallest absolute Gasteiger partial charge is 0.197 e. The van der Waals surface area contributed by atoms with E-state index in [1.54, 1.807) is 30.4 Å². The standard InChI is InChI=1S/C19H13N5OS/c1-2-5-15-14(4-1)17-22-23-19(26-12-13-7-9-20-10-8-13)24(17)18(21-15)16-6-3-11-25-16/h1-11H,12H2. The molecule has 7 heteroatoms. The zero-order chi connectivity index (χ0) is 17.3. The van der Waals surface area contributed by atoms with Crippen molar-refractivity contribution < 1.29 is 4.42 Å². The average Bonchev–Trinajstić information content (AvgIpc) is 3.37. The molecule has 0 saturated carbocycles. The second kappa shape index (κ2) is 6.27. The molecule has 0 fully saturated rings. The zero-order valence-corrected chi connectivity index (χ0v) is 14.4. The van der Waals surface area contributed by atoms with E-state index in [1.807, 2.05) is 52.9 Å². The SMILES string of the molecule is c1coc(-c2nc3ccccc3c3nnc(SCc4ccncc4)n23)c1. The normalized spacial score (nSPS) is 11.4. The van der Waals surface area contributed by atoms with Crippen molar-refractivity contribution >= 4 is 28.3 Å². The Labute approximate surface area is 152 Å². The van der Waals surface area contributed by atoms with Crippen LogP contribution in [0.15, 0.2) is 76.8 Å². The maximum absolute atomic E-state index is 5.61. The largest absolute Gasteiger partial charge is 0.461 e. The molecule has 4 heterocycles. The van der Waals surface area contributed by atoms with Crippen LogP contribution in [0.2, 0.25) is 0 Å². The number of furan rings is 1. The molecule has 26 heavy (non-hydrogen) atoms. The van der Waals surface area contributed by atoms with E-state index in [-0.39, 0.29) is 0 Å². The molecular formula is C19H13N5OS. The first kappa shape index (κ1) is 15.1. The molecule has 6 nitrogen and oxygen atoms in total. The van der Waals surface area contributed by atoms with Crippen LogP contribution >= 0.6 is 11.8 Å². The first-order valence-electron chi connectivity index (χ1n) is 8.09. The van der Waals surface area contributed by atoms with Gasteiger partial charge in [-0.05, 0) is 42.0 Å². The van der Waals surface area contributed by atoms with E-state index in [0.717, 1.165) is 27.5 Å². The highest BCUT2D eigenvalue weighted by Crippen LogP contribution is 2.30. The Kier molecular flexibility index (Phi) is 3.64. The number of fused-ring (bicyclic) bond motifs is 3. The summed E-state index contributed by atoms with van der Waals surface area (Å²) in [5.41, 5.74) is 2.82. The van der Waals surface area contributed by atoms with Crippen molar-refractivity contribution in [2.24, 2.45) is 0 Å². The number of benzene rings is 1. The first-order valence-corrected chi connectivity index (χ1v) is 9.08. The van der Waals surface area contributed by atoms with Gasteiger partial charge in [0.05, 0.1) is 11.8 Å². The van der Waals surface area contributed by atoms with E-state index in [4.69, 9.17) is 9.40 Å². The monoisotopic (exact) mass is 359 g/mol. The number of hydrogen-bond donors (Lipinski definition) is 0. The highest BCUT2D eigenvalue weighted by molar-refractivity contribution is 7.98. The zero-order valence-electron chi connectivity index (χ0n) is 13.6.